The number of nitrogens with zero attached hydrogens (tertiary/aromatic N) is 2. The predicted molar refractivity (Wildman–Crippen MR) is 100 cm³/mol. The van der Waals surface area contributed by atoms with Crippen molar-refractivity contribution in [3.05, 3.63) is 64.8 Å². The Kier molecular flexibility index (Phi) is 5.38. The van der Waals surface area contributed by atoms with Crippen LogP contribution in [0.3, 0.4) is 0 Å². The number of hydrogen-bond acceptors (Lipinski definition) is 6. The number of nitrogens with one attached hydrogen (secondary N) is 1. The van der Waals surface area contributed by atoms with E-state index in [0.717, 1.165) is 17.7 Å². The first kappa shape index (κ1) is 17.8. The Labute approximate surface area is 154 Å². The van der Waals surface area contributed by atoms with Crippen LogP contribution in [0.25, 0.3) is 11.3 Å². The van der Waals surface area contributed by atoms with Gasteiger partial charge in [-0.3, -0.25) is 15.1 Å². The Hall–Kier alpha value is -3.06. The van der Waals surface area contributed by atoms with Gasteiger partial charge < -0.3 is 4.74 Å². The molecule has 0 saturated heterocycles. The van der Waals surface area contributed by atoms with Gasteiger partial charge in [-0.2, -0.15) is 0 Å². The molecule has 0 atom stereocenters. The quantitative estimate of drug-likeness (QED) is 0.694. The van der Waals surface area contributed by atoms with Crippen LogP contribution < -0.4 is 5.32 Å². The summed E-state index contributed by atoms with van der Waals surface area (Å²) in [5.74, 6) is -0.883. The average molecular weight is 367 g/mol. The van der Waals surface area contributed by atoms with Crippen LogP contribution in [0.4, 0.5) is 5.13 Å². The molecule has 0 spiro atoms. The van der Waals surface area contributed by atoms with Crippen LogP contribution in [-0.4, -0.2) is 29.0 Å². The van der Waals surface area contributed by atoms with Gasteiger partial charge in [-0.15, -0.1) is 11.3 Å². The largest absolute Gasteiger partial charge is 0.465 e. The summed E-state index contributed by atoms with van der Waals surface area (Å²) < 4.78 is 4.60. The number of esters is 1. The monoisotopic (exact) mass is 367 g/mol. The predicted octanol–water partition coefficient (Wildman–Crippen LogP) is 3.81. The molecule has 26 heavy (non-hydrogen) atoms. The summed E-state index contributed by atoms with van der Waals surface area (Å²) in [6.45, 7) is 2.11. The Morgan fingerprint density at radius 3 is 2.54 bits per heavy atom. The Morgan fingerprint density at radius 2 is 1.92 bits per heavy atom. The van der Waals surface area contributed by atoms with Crippen molar-refractivity contribution >= 4 is 28.3 Å². The summed E-state index contributed by atoms with van der Waals surface area (Å²) in [6.07, 6.45) is 2.30. The van der Waals surface area contributed by atoms with Crippen molar-refractivity contribution in [3.63, 3.8) is 0 Å². The lowest BCUT2D eigenvalue weighted by Crippen LogP contribution is -2.14. The van der Waals surface area contributed by atoms with Gasteiger partial charge in [0.2, 0.25) is 0 Å². The van der Waals surface area contributed by atoms with Crippen LogP contribution in [0, 0.1) is 0 Å². The van der Waals surface area contributed by atoms with Gasteiger partial charge in [0.1, 0.15) is 5.69 Å². The number of carbonyl (C=O) groups excluding carboxylic acids is 2. The first-order valence-corrected chi connectivity index (χ1v) is 8.89. The fourth-order valence-electron chi connectivity index (χ4n) is 2.30. The maximum atomic E-state index is 12.3. The highest BCUT2D eigenvalue weighted by Crippen LogP contribution is 2.25. The Morgan fingerprint density at radius 1 is 1.15 bits per heavy atom. The normalized spacial score (nSPS) is 10.4. The van der Waals surface area contributed by atoms with Crippen LogP contribution >= 0.6 is 11.3 Å². The molecule has 0 aliphatic carbocycles. The first-order valence-electron chi connectivity index (χ1n) is 8.01. The minimum absolute atomic E-state index is 0.196. The van der Waals surface area contributed by atoms with Crippen molar-refractivity contribution in [1.82, 2.24) is 9.97 Å². The smallest absolute Gasteiger partial charge is 0.339 e. The number of ether oxygens (including phenoxy) is 1. The van der Waals surface area contributed by atoms with Crippen molar-refractivity contribution in [3.8, 4) is 11.3 Å². The van der Waals surface area contributed by atoms with Crippen molar-refractivity contribution in [2.24, 2.45) is 0 Å². The Balaban J connectivity index is 1.70. The highest BCUT2D eigenvalue weighted by Gasteiger charge is 2.13. The van der Waals surface area contributed by atoms with Crippen molar-refractivity contribution in [1.29, 1.82) is 0 Å². The molecule has 2 aromatic heterocycles. The molecule has 2 heterocycles. The van der Waals surface area contributed by atoms with E-state index in [-0.39, 0.29) is 17.2 Å². The molecular formula is C19H17N3O3S. The summed E-state index contributed by atoms with van der Waals surface area (Å²) in [5.41, 5.74) is 3.55. The second kappa shape index (κ2) is 7.88. The lowest BCUT2D eigenvalue weighted by molar-refractivity contribution is 0.0600. The van der Waals surface area contributed by atoms with Gasteiger partial charge >= 0.3 is 5.97 Å². The molecule has 0 aliphatic rings. The Bertz CT molecular complexity index is 918. The van der Waals surface area contributed by atoms with Crippen molar-refractivity contribution < 1.29 is 14.3 Å². The fourth-order valence-corrected chi connectivity index (χ4v) is 3.02. The topological polar surface area (TPSA) is 81.2 Å². The number of methoxy groups -OCH3 is 1. The molecule has 3 rings (SSSR count). The number of rotatable bonds is 5. The maximum absolute atomic E-state index is 12.3. The maximum Gasteiger partial charge on any atom is 0.339 e. The minimum atomic E-state index is -0.497. The molecule has 0 fully saturated rings. The number of amides is 1. The summed E-state index contributed by atoms with van der Waals surface area (Å²) >= 11 is 1.34. The second-order valence-electron chi connectivity index (χ2n) is 5.47. The molecule has 1 N–H and O–H groups in total. The van der Waals surface area contributed by atoms with Crippen molar-refractivity contribution in [2.45, 2.75) is 13.3 Å². The highest BCUT2D eigenvalue weighted by atomic mass is 32.1. The summed E-state index contributed by atoms with van der Waals surface area (Å²) in [7, 11) is 1.29. The number of aryl methyl sites for hydroxylation is 1. The van der Waals surface area contributed by atoms with Crippen LogP contribution in [0.2, 0.25) is 0 Å². The van der Waals surface area contributed by atoms with Gasteiger partial charge in [-0.25, -0.2) is 9.78 Å². The molecule has 7 heteroatoms. The molecule has 0 aliphatic heterocycles. The van der Waals surface area contributed by atoms with E-state index in [9.17, 15) is 9.59 Å². The fraction of sp³-hybridized carbons (Fsp3) is 0.158. The zero-order chi connectivity index (χ0) is 18.5. The average Bonchev–Trinajstić information content (AvgIpc) is 3.16. The van der Waals surface area contributed by atoms with Gasteiger partial charge in [-0.1, -0.05) is 31.2 Å². The SMILES string of the molecule is CCc1ccc(-c2csc(NC(=O)c3ccc(C(=O)OC)cn3)n2)cc1. The summed E-state index contributed by atoms with van der Waals surface area (Å²) in [5, 5.41) is 5.11. The molecule has 6 nitrogen and oxygen atoms in total. The number of anilines is 1. The van der Waals surface area contributed by atoms with Crippen LogP contribution in [0.5, 0.6) is 0 Å². The van der Waals surface area contributed by atoms with E-state index in [0.29, 0.717) is 5.13 Å². The van der Waals surface area contributed by atoms with Gasteiger partial charge in [-0.05, 0) is 24.1 Å². The summed E-state index contributed by atoms with van der Waals surface area (Å²) in [4.78, 5) is 32.1. The van der Waals surface area contributed by atoms with Crippen molar-refractivity contribution in [2.75, 3.05) is 12.4 Å². The standard InChI is InChI=1S/C19H17N3O3S/c1-3-12-4-6-13(7-5-12)16-11-26-19(21-16)22-17(23)15-9-8-14(10-20-15)18(24)25-2/h4-11H,3H2,1-2H3,(H,21,22,23). The lowest BCUT2D eigenvalue weighted by Gasteiger charge is -2.02. The molecule has 0 unspecified atom stereocenters. The van der Waals surface area contributed by atoms with Gasteiger partial charge in [0.15, 0.2) is 5.13 Å². The third-order valence-electron chi connectivity index (χ3n) is 3.80. The van der Waals surface area contributed by atoms with E-state index >= 15 is 0 Å². The van der Waals surface area contributed by atoms with E-state index in [2.05, 4.69) is 39.1 Å². The van der Waals surface area contributed by atoms with E-state index < -0.39 is 5.97 Å². The molecule has 1 amide bonds. The number of pyridine rings is 1. The summed E-state index contributed by atoms with van der Waals surface area (Å²) in [6, 6.07) is 11.1. The number of benzene rings is 1. The van der Waals surface area contributed by atoms with E-state index in [1.54, 1.807) is 0 Å². The van der Waals surface area contributed by atoms with Crippen LogP contribution in [0.15, 0.2) is 48.0 Å². The molecule has 1 aromatic carbocycles. The first-order chi connectivity index (χ1) is 12.6. The molecule has 3 aromatic rings. The molecule has 0 radical (unpaired) electrons. The number of thiazole rings is 1. The van der Waals surface area contributed by atoms with Crippen LogP contribution in [-0.2, 0) is 11.2 Å². The highest BCUT2D eigenvalue weighted by molar-refractivity contribution is 7.14. The number of aromatic nitrogens is 2. The number of hydrogen-bond donors (Lipinski definition) is 1. The van der Waals surface area contributed by atoms with Crippen LogP contribution in [0.1, 0.15) is 33.3 Å². The van der Waals surface area contributed by atoms with E-state index in [4.69, 9.17) is 0 Å². The number of carbonyl (C=O) groups is 2. The van der Waals surface area contributed by atoms with Gasteiger partial charge in [0, 0.05) is 17.1 Å². The van der Waals surface area contributed by atoms with E-state index in [1.807, 2.05) is 17.5 Å². The molecule has 132 valence electrons. The lowest BCUT2D eigenvalue weighted by atomic mass is 10.1. The molecule has 0 bridgehead atoms. The van der Waals surface area contributed by atoms with Gasteiger partial charge in [0.05, 0.1) is 18.4 Å². The second-order valence-corrected chi connectivity index (χ2v) is 6.32. The molecular weight excluding hydrogens is 350 g/mol. The zero-order valence-electron chi connectivity index (χ0n) is 14.4. The minimum Gasteiger partial charge on any atom is -0.465 e. The third-order valence-corrected chi connectivity index (χ3v) is 4.56. The van der Waals surface area contributed by atoms with E-state index in [1.165, 1.54) is 42.3 Å². The zero-order valence-corrected chi connectivity index (χ0v) is 15.2. The molecule has 0 saturated carbocycles. The van der Waals surface area contributed by atoms with Gasteiger partial charge in [0.25, 0.3) is 5.91 Å². The third kappa shape index (κ3) is 3.94.